The van der Waals surface area contributed by atoms with Crippen LogP contribution in [0.4, 0.5) is 0 Å². The average molecular weight is 201 g/mol. The molecule has 0 spiro atoms. The van der Waals surface area contributed by atoms with E-state index in [0.717, 1.165) is 17.9 Å². The van der Waals surface area contributed by atoms with Crippen molar-refractivity contribution in [3.8, 4) is 11.5 Å². The van der Waals surface area contributed by atoms with Crippen molar-refractivity contribution in [2.45, 2.75) is 13.0 Å². The third-order valence-electron chi connectivity index (χ3n) is 2.48. The first-order chi connectivity index (χ1) is 7.33. The summed E-state index contributed by atoms with van der Waals surface area (Å²) in [5, 5.41) is 0. The van der Waals surface area contributed by atoms with E-state index in [0.29, 0.717) is 5.89 Å². The Morgan fingerprint density at radius 3 is 2.67 bits per heavy atom. The van der Waals surface area contributed by atoms with Gasteiger partial charge in [-0.3, -0.25) is 0 Å². The summed E-state index contributed by atoms with van der Waals surface area (Å²) in [6.07, 6.45) is 1.83. The lowest BCUT2D eigenvalue weighted by molar-refractivity contribution is 0.410. The van der Waals surface area contributed by atoms with Gasteiger partial charge in [0.15, 0.2) is 0 Å². The van der Waals surface area contributed by atoms with Gasteiger partial charge in [-0.25, -0.2) is 4.98 Å². The van der Waals surface area contributed by atoms with Crippen LogP contribution >= 0.6 is 0 Å². The predicted molar refractivity (Wildman–Crippen MR) is 55.4 cm³/mol. The molecule has 0 N–H and O–H groups in total. The summed E-state index contributed by atoms with van der Waals surface area (Å²) >= 11 is 0. The lowest BCUT2D eigenvalue weighted by Gasteiger charge is -1.95. The largest absolute Gasteiger partial charge is 0.444 e. The molecule has 0 amide bonds. The molecule has 3 heteroatoms. The second kappa shape index (κ2) is 3.21. The van der Waals surface area contributed by atoms with E-state index >= 15 is 0 Å². The van der Waals surface area contributed by atoms with E-state index in [2.05, 4.69) is 11.9 Å². The monoisotopic (exact) mass is 201 g/mol. The van der Waals surface area contributed by atoms with Crippen molar-refractivity contribution in [3.05, 3.63) is 41.8 Å². The number of rotatable bonds is 2. The van der Waals surface area contributed by atoms with E-state index in [1.54, 1.807) is 6.26 Å². The zero-order chi connectivity index (χ0) is 10.3. The number of nitrogens with zero attached hydrogens (tertiary/aromatic N) is 1. The molecule has 1 unspecified atom stereocenters. The number of hydrogen-bond donors (Lipinski definition) is 0. The fourth-order valence-corrected chi connectivity index (χ4v) is 1.48. The molecule has 1 fully saturated rings. The van der Waals surface area contributed by atoms with Crippen LogP contribution in [0.3, 0.4) is 0 Å². The molecule has 1 aliphatic heterocycles. The van der Waals surface area contributed by atoms with Crippen molar-refractivity contribution in [2.24, 2.45) is 0 Å². The van der Waals surface area contributed by atoms with Gasteiger partial charge in [0.05, 0.1) is 6.61 Å². The third-order valence-corrected chi connectivity index (χ3v) is 2.48. The lowest BCUT2D eigenvalue weighted by Crippen LogP contribution is -1.81. The number of hydrogen-bond acceptors (Lipinski definition) is 3. The molecular weight excluding hydrogens is 190 g/mol. The van der Waals surface area contributed by atoms with Gasteiger partial charge in [-0.15, -0.1) is 0 Å². The topological polar surface area (TPSA) is 38.6 Å². The van der Waals surface area contributed by atoms with Crippen LogP contribution in [0, 0.1) is 6.92 Å². The molecule has 0 aliphatic carbocycles. The van der Waals surface area contributed by atoms with Gasteiger partial charge in [0.2, 0.25) is 5.89 Å². The van der Waals surface area contributed by atoms with Crippen LogP contribution in [0.15, 0.2) is 34.9 Å². The Labute approximate surface area is 87.7 Å². The summed E-state index contributed by atoms with van der Waals surface area (Å²) in [5.74, 6) is 0.667. The Morgan fingerprint density at radius 2 is 2.00 bits per heavy atom. The van der Waals surface area contributed by atoms with E-state index in [-0.39, 0.29) is 6.10 Å². The highest BCUT2D eigenvalue weighted by atomic mass is 16.6. The molecule has 76 valence electrons. The molecule has 3 rings (SSSR count). The summed E-state index contributed by atoms with van der Waals surface area (Å²) in [7, 11) is 0. The van der Waals surface area contributed by atoms with Gasteiger partial charge in [0, 0.05) is 5.56 Å². The maximum absolute atomic E-state index is 5.40. The van der Waals surface area contributed by atoms with Gasteiger partial charge in [-0.1, -0.05) is 17.7 Å². The van der Waals surface area contributed by atoms with E-state index < -0.39 is 0 Å². The molecule has 0 saturated carbocycles. The smallest absolute Gasteiger partial charge is 0.226 e. The molecule has 1 aromatic carbocycles. The lowest BCUT2D eigenvalue weighted by atomic mass is 10.1. The molecule has 1 atom stereocenters. The van der Waals surface area contributed by atoms with Gasteiger partial charge in [-0.05, 0) is 19.1 Å². The van der Waals surface area contributed by atoms with Crippen molar-refractivity contribution in [1.82, 2.24) is 4.98 Å². The standard InChI is InChI=1S/C12H11NO2/c1-8-2-4-9(5-3-8)12-13-10(6-15-12)11-7-14-11/h2-6,11H,7H2,1H3. The minimum Gasteiger partial charge on any atom is -0.444 e. The maximum atomic E-state index is 5.40. The Balaban J connectivity index is 1.93. The fourth-order valence-electron chi connectivity index (χ4n) is 1.48. The SMILES string of the molecule is Cc1ccc(-c2nc(C3CO3)co2)cc1. The zero-order valence-electron chi connectivity index (χ0n) is 8.43. The van der Waals surface area contributed by atoms with Gasteiger partial charge in [-0.2, -0.15) is 0 Å². The van der Waals surface area contributed by atoms with E-state index in [9.17, 15) is 0 Å². The zero-order valence-corrected chi connectivity index (χ0v) is 8.43. The van der Waals surface area contributed by atoms with Gasteiger partial charge < -0.3 is 9.15 Å². The van der Waals surface area contributed by atoms with E-state index in [1.165, 1.54) is 5.56 Å². The second-order valence-electron chi connectivity index (χ2n) is 3.77. The Kier molecular flexibility index (Phi) is 1.86. The molecule has 0 radical (unpaired) electrons. The Morgan fingerprint density at radius 1 is 1.27 bits per heavy atom. The minimum absolute atomic E-state index is 0.160. The van der Waals surface area contributed by atoms with Crippen LogP contribution in [0.5, 0.6) is 0 Å². The minimum atomic E-state index is 0.160. The highest BCUT2D eigenvalue weighted by Crippen LogP contribution is 2.30. The highest BCUT2D eigenvalue weighted by Gasteiger charge is 2.28. The van der Waals surface area contributed by atoms with Crippen LogP contribution in [0.2, 0.25) is 0 Å². The van der Waals surface area contributed by atoms with Crippen molar-refractivity contribution in [2.75, 3.05) is 6.61 Å². The summed E-state index contributed by atoms with van der Waals surface area (Å²) in [6.45, 7) is 2.82. The van der Waals surface area contributed by atoms with Crippen LogP contribution < -0.4 is 0 Å². The summed E-state index contributed by atoms with van der Waals surface area (Å²) in [5.41, 5.74) is 3.13. The Hall–Kier alpha value is -1.61. The molecule has 15 heavy (non-hydrogen) atoms. The molecule has 2 aromatic rings. The van der Waals surface area contributed by atoms with Crippen LogP contribution in [-0.2, 0) is 4.74 Å². The number of aromatic nitrogens is 1. The number of aryl methyl sites for hydroxylation is 1. The van der Waals surface area contributed by atoms with Crippen molar-refractivity contribution < 1.29 is 9.15 Å². The van der Waals surface area contributed by atoms with E-state index in [4.69, 9.17) is 9.15 Å². The van der Waals surface area contributed by atoms with Crippen LogP contribution in [-0.4, -0.2) is 11.6 Å². The van der Waals surface area contributed by atoms with Crippen molar-refractivity contribution >= 4 is 0 Å². The quantitative estimate of drug-likeness (QED) is 0.701. The molecule has 1 saturated heterocycles. The predicted octanol–water partition coefficient (Wildman–Crippen LogP) is 2.72. The molecule has 1 aromatic heterocycles. The summed E-state index contributed by atoms with van der Waals surface area (Å²) < 4.78 is 10.5. The molecular formula is C12H11NO2. The van der Waals surface area contributed by atoms with Crippen molar-refractivity contribution in [3.63, 3.8) is 0 Å². The normalized spacial score (nSPS) is 19.1. The van der Waals surface area contributed by atoms with Crippen molar-refractivity contribution in [1.29, 1.82) is 0 Å². The third kappa shape index (κ3) is 1.66. The van der Waals surface area contributed by atoms with Crippen LogP contribution in [0.1, 0.15) is 17.4 Å². The fraction of sp³-hybridized carbons (Fsp3) is 0.250. The number of oxazole rings is 1. The summed E-state index contributed by atoms with van der Waals surface area (Å²) in [4.78, 5) is 4.38. The second-order valence-corrected chi connectivity index (χ2v) is 3.77. The maximum Gasteiger partial charge on any atom is 0.226 e. The highest BCUT2D eigenvalue weighted by molar-refractivity contribution is 5.53. The first-order valence-electron chi connectivity index (χ1n) is 4.97. The first kappa shape index (κ1) is 8.68. The van der Waals surface area contributed by atoms with Gasteiger partial charge in [0.25, 0.3) is 0 Å². The van der Waals surface area contributed by atoms with Gasteiger partial charge in [0.1, 0.15) is 18.1 Å². The molecule has 1 aliphatic rings. The van der Waals surface area contributed by atoms with Gasteiger partial charge >= 0.3 is 0 Å². The molecule has 2 heterocycles. The number of benzene rings is 1. The first-order valence-corrected chi connectivity index (χ1v) is 4.97. The molecule has 0 bridgehead atoms. The molecule has 3 nitrogen and oxygen atoms in total. The van der Waals surface area contributed by atoms with Crippen LogP contribution in [0.25, 0.3) is 11.5 Å². The average Bonchev–Trinajstić information content (AvgIpc) is 2.99. The Bertz CT molecular complexity index is 469. The van der Waals surface area contributed by atoms with E-state index in [1.807, 2.05) is 24.3 Å². The number of ether oxygens (including phenoxy) is 1. The number of epoxide rings is 1. The summed E-state index contributed by atoms with van der Waals surface area (Å²) in [6, 6.07) is 8.12.